The van der Waals surface area contributed by atoms with Gasteiger partial charge in [0.05, 0.1) is 11.3 Å². The number of nitrogens with one attached hydrogen (secondary N) is 1. The van der Waals surface area contributed by atoms with Crippen molar-refractivity contribution in [3.05, 3.63) is 23.8 Å². The molecule has 1 unspecified atom stereocenters. The Morgan fingerprint density at radius 2 is 2.11 bits per heavy atom. The lowest BCUT2D eigenvalue weighted by Crippen LogP contribution is -2.18. The van der Waals surface area contributed by atoms with Crippen molar-refractivity contribution < 1.29 is 0 Å². The van der Waals surface area contributed by atoms with E-state index in [0.29, 0.717) is 6.04 Å². The Hall–Kier alpha value is -1.14. The Balaban J connectivity index is 2.94. The van der Waals surface area contributed by atoms with E-state index in [4.69, 9.17) is 0 Å². The Morgan fingerprint density at radius 3 is 2.67 bits per heavy atom. The van der Waals surface area contributed by atoms with Crippen molar-refractivity contribution in [2.24, 2.45) is 0 Å². The van der Waals surface area contributed by atoms with Gasteiger partial charge in [-0.1, -0.05) is 33.3 Å². The molecule has 0 aliphatic heterocycles. The van der Waals surface area contributed by atoms with Crippen molar-refractivity contribution in [3.63, 3.8) is 0 Å². The van der Waals surface area contributed by atoms with Crippen molar-refractivity contribution in [3.8, 4) is 6.07 Å². The molecule has 0 heterocycles. The van der Waals surface area contributed by atoms with Gasteiger partial charge in [-0.15, -0.1) is 11.8 Å². The van der Waals surface area contributed by atoms with Crippen molar-refractivity contribution in [2.75, 3.05) is 11.1 Å². The van der Waals surface area contributed by atoms with E-state index in [2.05, 4.69) is 32.2 Å². The molecule has 0 amide bonds. The second-order valence-corrected chi connectivity index (χ2v) is 5.57. The topological polar surface area (TPSA) is 35.8 Å². The van der Waals surface area contributed by atoms with E-state index >= 15 is 0 Å². The molecule has 0 bridgehead atoms. The predicted molar refractivity (Wildman–Crippen MR) is 80.2 cm³/mol. The number of benzene rings is 1. The van der Waals surface area contributed by atoms with Crippen molar-refractivity contribution in [1.82, 2.24) is 0 Å². The lowest BCUT2D eigenvalue weighted by Gasteiger charge is -2.19. The summed E-state index contributed by atoms with van der Waals surface area (Å²) in [5.41, 5.74) is 1.77. The summed E-state index contributed by atoms with van der Waals surface area (Å²) in [6.45, 7) is 6.49. The largest absolute Gasteiger partial charge is 0.381 e. The van der Waals surface area contributed by atoms with E-state index in [1.165, 1.54) is 0 Å². The highest BCUT2D eigenvalue weighted by Crippen LogP contribution is 2.28. The normalized spacial score (nSPS) is 11.9. The molecule has 0 radical (unpaired) electrons. The molecule has 0 saturated carbocycles. The van der Waals surface area contributed by atoms with Gasteiger partial charge in [0.15, 0.2) is 0 Å². The SMILES string of the molecule is CCCC(CC)Nc1cccc(SCC)c1C#N. The summed E-state index contributed by atoms with van der Waals surface area (Å²) in [6, 6.07) is 8.86. The summed E-state index contributed by atoms with van der Waals surface area (Å²) in [6.07, 6.45) is 3.40. The van der Waals surface area contributed by atoms with E-state index in [-0.39, 0.29) is 0 Å². The third kappa shape index (κ3) is 3.96. The summed E-state index contributed by atoms with van der Waals surface area (Å²) >= 11 is 1.73. The fraction of sp³-hybridized carbons (Fsp3) is 0.533. The van der Waals surface area contributed by atoms with Gasteiger partial charge in [0, 0.05) is 10.9 Å². The molecule has 0 saturated heterocycles. The molecular weight excluding hydrogens is 240 g/mol. The Morgan fingerprint density at radius 1 is 1.33 bits per heavy atom. The van der Waals surface area contributed by atoms with Crippen molar-refractivity contribution >= 4 is 17.4 Å². The van der Waals surface area contributed by atoms with Crippen LogP contribution < -0.4 is 5.32 Å². The monoisotopic (exact) mass is 262 g/mol. The predicted octanol–water partition coefficient (Wildman–Crippen LogP) is 4.66. The smallest absolute Gasteiger partial charge is 0.102 e. The molecule has 1 rings (SSSR count). The molecule has 18 heavy (non-hydrogen) atoms. The first kappa shape index (κ1) is 14.9. The maximum atomic E-state index is 9.34. The Kier molecular flexibility index (Phi) is 6.67. The molecule has 0 aromatic heterocycles. The minimum Gasteiger partial charge on any atom is -0.381 e. The summed E-state index contributed by atoms with van der Waals surface area (Å²) < 4.78 is 0. The van der Waals surface area contributed by atoms with Crippen LogP contribution in [0.4, 0.5) is 5.69 Å². The van der Waals surface area contributed by atoms with Crippen LogP contribution in [0.3, 0.4) is 0 Å². The molecule has 1 aromatic rings. The number of hydrogen-bond acceptors (Lipinski definition) is 3. The quantitative estimate of drug-likeness (QED) is 0.726. The highest BCUT2D eigenvalue weighted by atomic mass is 32.2. The van der Waals surface area contributed by atoms with Gasteiger partial charge in [0.25, 0.3) is 0 Å². The van der Waals surface area contributed by atoms with Crippen LogP contribution in [0.25, 0.3) is 0 Å². The highest BCUT2D eigenvalue weighted by Gasteiger charge is 2.11. The molecule has 0 spiro atoms. The van der Waals surface area contributed by atoms with Crippen LogP contribution in [-0.4, -0.2) is 11.8 Å². The first-order chi connectivity index (χ1) is 8.76. The number of rotatable bonds is 7. The first-order valence-electron chi connectivity index (χ1n) is 6.69. The van der Waals surface area contributed by atoms with Crippen LogP contribution in [0.15, 0.2) is 23.1 Å². The third-order valence-electron chi connectivity index (χ3n) is 2.93. The summed E-state index contributed by atoms with van der Waals surface area (Å²) in [4.78, 5) is 1.08. The molecule has 98 valence electrons. The Labute approximate surface area is 115 Å². The van der Waals surface area contributed by atoms with E-state index in [0.717, 1.165) is 41.2 Å². The van der Waals surface area contributed by atoms with Crippen LogP contribution in [0.2, 0.25) is 0 Å². The van der Waals surface area contributed by atoms with Crippen LogP contribution in [0.5, 0.6) is 0 Å². The number of thioether (sulfide) groups is 1. The standard InChI is InChI=1S/C15H22N2S/c1-4-8-12(5-2)17-14-9-7-10-15(18-6-3)13(14)11-16/h7,9-10,12,17H,4-6,8H2,1-3H3. The van der Waals surface area contributed by atoms with Gasteiger partial charge < -0.3 is 5.32 Å². The molecule has 0 fully saturated rings. The molecular formula is C15H22N2S. The maximum Gasteiger partial charge on any atom is 0.102 e. The average molecular weight is 262 g/mol. The second-order valence-electron chi connectivity index (χ2n) is 4.26. The zero-order valence-corrected chi connectivity index (χ0v) is 12.3. The first-order valence-corrected chi connectivity index (χ1v) is 7.67. The van der Waals surface area contributed by atoms with E-state index < -0.39 is 0 Å². The van der Waals surface area contributed by atoms with Crippen LogP contribution in [0, 0.1) is 11.3 Å². The second kappa shape index (κ2) is 8.05. The lowest BCUT2D eigenvalue weighted by atomic mass is 10.1. The summed E-state index contributed by atoms with van der Waals surface area (Å²) in [5.74, 6) is 0.990. The van der Waals surface area contributed by atoms with Gasteiger partial charge >= 0.3 is 0 Å². The van der Waals surface area contributed by atoms with Gasteiger partial charge in [-0.2, -0.15) is 5.26 Å². The summed E-state index contributed by atoms with van der Waals surface area (Å²) in [7, 11) is 0. The molecule has 1 N–H and O–H groups in total. The van der Waals surface area contributed by atoms with Crippen LogP contribution >= 0.6 is 11.8 Å². The van der Waals surface area contributed by atoms with Crippen LogP contribution in [0.1, 0.15) is 45.6 Å². The minimum atomic E-state index is 0.462. The van der Waals surface area contributed by atoms with Gasteiger partial charge in [-0.3, -0.25) is 0 Å². The van der Waals surface area contributed by atoms with Gasteiger partial charge in [0.1, 0.15) is 6.07 Å². The highest BCUT2D eigenvalue weighted by molar-refractivity contribution is 7.99. The van der Waals surface area contributed by atoms with Crippen molar-refractivity contribution in [2.45, 2.75) is 51.0 Å². The van der Waals surface area contributed by atoms with E-state index in [1.807, 2.05) is 18.2 Å². The minimum absolute atomic E-state index is 0.462. The molecule has 3 heteroatoms. The molecule has 0 aliphatic rings. The third-order valence-corrected chi connectivity index (χ3v) is 3.87. The van der Waals surface area contributed by atoms with Crippen molar-refractivity contribution in [1.29, 1.82) is 5.26 Å². The molecule has 0 aliphatic carbocycles. The fourth-order valence-electron chi connectivity index (χ4n) is 1.99. The zero-order valence-electron chi connectivity index (χ0n) is 11.5. The maximum absolute atomic E-state index is 9.34. The molecule has 1 aromatic carbocycles. The van der Waals surface area contributed by atoms with Gasteiger partial charge in [0.2, 0.25) is 0 Å². The molecule has 1 atom stereocenters. The fourth-order valence-corrected chi connectivity index (χ4v) is 2.77. The zero-order chi connectivity index (χ0) is 13.4. The number of nitriles is 1. The lowest BCUT2D eigenvalue weighted by molar-refractivity contribution is 0.622. The number of anilines is 1. The summed E-state index contributed by atoms with van der Waals surface area (Å²) in [5, 5.41) is 12.9. The average Bonchev–Trinajstić information content (AvgIpc) is 2.39. The van der Waals surface area contributed by atoms with Gasteiger partial charge in [-0.25, -0.2) is 0 Å². The Bertz CT molecular complexity index is 409. The van der Waals surface area contributed by atoms with Gasteiger partial charge in [-0.05, 0) is 30.7 Å². The van der Waals surface area contributed by atoms with E-state index in [9.17, 15) is 5.26 Å². The number of hydrogen-bond donors (Lipinski definition) is 1. The number of nitrogens with zero attached hydrogens (tertiary/aromatic N) is 1. The van der Waals surface area contributed by atoms with Crippen LogP contribution in [-0.2, 0) is 0 Å². The molecule has 2 nitrogen and oxygen atoms in total. The van der Waals surface area contributed by atoms with E-state index in [1.54, 1.807) is 11.8 Å².